The predicted octanol–water partition coefficient (Wildman–Crippen LogP) is 3.55. The van der Waals surface area contributed by atoms with Gasteiger partial charge in [-0.3, -0.25) is 4.18 Å². The van der Waals surface area contributed by atoms with E-state index in [1.807, 2.05) is 15.9 Å². The number of hydrogen-bond acceptors (Lipinski definition) is 9. The molecule has 0 spiro atoms. The summed E-state index contributed by atoms with van der Waals surface area (Å²) in [6.45, 7) is 13.4. The zero-order chi connectivity index (χ0) is 27.2. The Morgan fingerprint density at radius 3 is 2.00 bits per heavy atom. The number of nitrogens with zero attached hydrogens (tertiary/aromatic N) is 3. The minimum absolute atomic E-state index is 0.0176. The Balaban J connectivity index is 2.28. The quantitative estimate of drug-likeness (QED) is 0.165. The van der Waals surface area contributed by atoms with E-state index >= 15 is 0 Å². The molecular weight excluding hydrogens is 518 g/mol. The lowest BCUT2D eigenvalue weighted by atomic mass is 10.2. The van der Waals surface area contributed by atoms with Gasteiger partial charge in [-0.25, -0.2) is 8.42 Å². The Bertz CT molecular complexity index is 1170. The molecule has 0 radical (unpaired) electrons. The van der Waals surface area contributed by atoms with Gasteiger partial charge in [0.15, 0.2) is 13.2 Å². The van der Waals surface area contributed by atoms with Crippen LogP contribution in [0.15, 0.2) is 46.0 Å². The smallest absolute Gasteiger partial charge is 0.264 e. The zero-order valence-corrected chi connectivity index (χ0v) is 24.8. The molecule has 0 unspecified atom stereocenters. The molecule has 1 aromatic carbocycles. The number of nitriles is 1. The van der Waals surface area contributed by atoms with E-state index < -0.39 is 28.3 Å². The summed E-state index contributed by atoms with van der Waals surface area (Å²) >= 11 is 0. The molecule has 0 bridgehead atoms. The molecule has 0 aliphatic carbocycles. The summed E-state index contributed by atoms with van der Waals surface area (Å²) in [7, 11) is -9.51. The van der Waals surface area contributed by atoms with Crippen LogP contribution < -0.4 is 0 Å². The second-order valence-electron chi connectivity index (χ2n) is 10.4. The minimum atomic E-state index is -4.04. The van der Waals surface area contributed by atoms with Gasteiger partial charge in [-0.1, -0.05) is 39.0 Å². The molecule has 0 aromatic heterocycles. The molecule has 1 aromatic rings. The van der Waals surface area contributed by atoms with Gasteiger partial charge in [0.25, 0.3) is 10.1 Å². The summed E-state index contributed by atoms with van der Waals surface area (Å²) < 4.78 is 60.5. The monoisotopic (exact) mass is 557 g/mol. The Morgan fingerprint density at radius 2 is 1.53 bits per heavy atom. The van der Waals surface area contributed by atoms with E-state index in [1.54, 1.807) is 18.2 Å². The van der Waals surface area contributed by atoms with Crippen molar-refractivity contribution in [3.63, 3.8) is 0 Å². The van der Waals surface area contributed by atoms with Crippen molar-refractivity contribution in [1.29, 1.82) is 5.26 Å². The predicted molar refractivity (Wildman–Crippen MR) is 143 cm³/mol. The van der Waals surface area contributed by atoms with Gasteiger partial charge in [0.05, 0.1) is 17.8 Å². The molecule has 1 aliphatic heterocycles. The highest BCUT2D eigenvalue weighted by molar-refractivity contribution is 7.95. The van der Waals surface area contributed by atoms with Crippen molar-refractivity contribution >= 4 is 28.3 Å². The third-order valence-electron chi connectivity index (χ3n) is 6.58. The van der Waals surface area contributed by atoms with Crippen LogP contribution in [0.5, 0.6) is 0 Å². The molecular formula is C24H39N3O6S2Si. The van der Waals surface area contributed by atoms with E-state index in [9.17, 15) is 22.1 Å². The second kappa shape index (κ2) is 12.1. The molecule has 1 saturated heterocycles. The van der Waals surface area contributed by atoms with Crippen molar-refractivity contribution in [1.82, 2.24) is 9.80 Å². The number of hydrogen-bond donors (Lipinski definition) is 0. The summed E-state index contributed by atoms with van der Waals surface area (Å²) in [6, 6.07) is 9.86. The molecule has 12 heteroatoms. The third kappa shape index (κ3) is 8.04. The van der Waals surface area contributed by atoms with Crippen LogP contribution in [-0.4, -0.2) is 80.6 Å². The molecule has 2 rings (SSSR count). The summed E-state index contributed by atoms with van der Waals surface area (Å²) in [5.41, 5.74) is 0. The lowest BCUT2D eigenvalue weighted by Gasteiger charge is -2.36. The van der Waals surface area contributed by atoms with Gasteiger partial charge < -0.3 is 14.2 Å². The van der Waals surface area contributed by atoms with Crippen LogP contribution in [-0.2, 0) is 28.6 Å². The topological polar surface area (TPSA) is 117 Å². The molecule has 1 fully saturated rings. The van der Waals surface area contributed by atoms with Gasteiger partial charge >= 0.3 is 0 Å². The van der Waals surface area contributed by atoms with Crippen LogP contribution in [0.4, 0.5) is 0 Å². The van der Waals surface area contributed by atoms with Gasteiger partial charge in [-0.2, -0.15) is 13.7 Å². The lowest BCUT2D eigenvalue weighted by Crippen LogP contribution is -2.41. The van der Waals surface area contributed by atoms with Crippen molar-refractivity contribution < 1.29 is 25.4 Å². The van der Waals surface area contributed by atoms with Crippen LogP contribution >= 0.6 is 0 Å². The molecule has 1 aliphatic rings. The van der Waals surface area contributed by atoms with E-state index in [1.165, 1.54) is 12.1 Å². The molecule has 9 nitrogen and oxygen atoms in total. The fourth-order valence-corrected chi connectivity index (χ4v) is 6.47. The summed E-state index contributed by atoms with van der Waals surface area (Å²) in [6.07, 6.45) is 2.04. The summed E-state index contributed by atoms with van der Waals surface area (Å²) in [5, 5.41) is 10.1. The first kappa shape index (κ1) is 30.3. The van der Waals surface area contributed by atoms with Crippen molar-refractivity contribution in [2.75, 3.05) is 45.6 Å². The average molecular weight is 558 g/mol. The fourth-order valence-electron chi connectivity index (χ4n) is 3.59. The van der Waals surface area contributed by atoms with Gasteiger partial charge in [0.2, 0.25) is 9.84 Å². The first-order valence-electron chi connectivity index (χ1n) is 12.0. The van der Waals surface area contributed by atoms with E-state index in [0.717, 1.165) is 6.26 Å². The molecule has 36 heavy (non-hydrogen) atoms. The van der Waals surface area contributed by atoms with Crippen molar-refractivity contribution in [2.45, 2.75) is 56.6 Å². The molecule has 0 saturated carbocycles. The Morgan fingerprint density at radius 1 is 1.00 bits per heavy atom. The van der Waals surface area contributed by atoms with E-state index in [2.05, 4.69) is 33.9 Å². The highest BCUT2D eigenvalue weighted by atomic mass is 32.2. The summed E-state index contributed by atoms with van der Waals surface area (Å²) in [4.78, 5) is 3.51. The Labute approximate surface area is 217 Å². The number of benzene rings is 1. The first-order chi connectivity index (χ1) is 16.6. The molecule has 0 amide bonds. The lowest BCUT2D eigenvalue weighted by molar-refractivity contribution is 0.249. The molecule has 0 N–H and O–H groups in total. The van der Waals surface area contributed by atoms with E-state index in [4.69, 9.17) is 8.61 Å². The van der Waals surface area contributed by atoms with E-state index in [0.29, 0.717) is 51.4 Å². The third-order valence-corrected chi connectivity index (χ3v) is 13.4. The number of allylic oxidation sites excluding steroid dienone is 1. The second-order valence-corrected chi connectivity index (χ2v) is 18.7. The standard InChI is InChI=1S/C24H39N3O6S2Si/c1-24(2,3)36(5,6)33-19-11-15-27-17-16-26(14-10-18-32-34(4,28)29)23(27)22(20-25)35(30,31)21-12-8-7-9-13-21/h7-9,12-13H,10-11,14-19H2,1-6H3. The van der Waals surface area contributed by atoms with Crippen molar-refractivity contribution in [3.8, 4) is 6.07 Å². The van der Waals surface area contributed by atoms with Gasteiger partial charge in [-0.05, 0) is 43.1 Å². The normalized spacial score (nSPS) is 16.8. The largest absolute Gasteiger partial charge is 0.417 e. The van der Waals surface area contributed by atoms with Crippen LogP contribution in [0.1, 0.15) is 33.6 Å². The Hall–Kier alpha value is -1.91. The SMILES string of the molecule is CC(C)(C)[Si](C)(C)OCCCN1CCN(CCCOS(C)(=O)=O)C1=C(C#N)S(=O)(=O)c1ccccc1. The highest BCUT2D eigenvalue weighted by Gasteiger charge is 2.37. The zero-order valence-electron chi connectivity index (χ0n) is 22.2. The van der Waals surface area contributed by atoms with Crippen molar-refractivity contribution in [2.24, 2.45) is 0 Å². The van der Waals surface area contributed by atoms with Crippen LogP contribution in [0.2, 0.25) is 18.1 Å². The average Bonchev–Trinajstić information content (AvgIpc) is 3.16. The minimum Gasteiger partial charge on any atom is -0.417 e. The fraction of sp³-hybridized carbons (Fsp3) is 0.625. The van der Waals surface area contributed by atoms with Crippen LogP contribution in [0.3, 0.4) is 0 Å². The van der Waals surface area contributed by atoms with Crippen molar-refractivity contribution in [3.05, 3.63) is 41.1 Å². The van der Waals surface area contributed by atoms with Crippen LogP contribution in [0.25, 0.3) is 0 Å². The highest BCUT2D eigenvalue weighted by Crippen LogP contribution is 2.36. The first-order valence-corrected chi connectivity index (χ1v) is 18.2. The van der Waals surface area contributed by atoms with E-state index in [-0.39, 0.29) is 21.4 Å². The summed E-state index contributed by atoms with van der Waals surface area (Å²) in [5.74, 6) is 0.355. The molecule has 1 heterocycles. The van der Waals surface area contributed by atoms with Gasteiger partial charge in [0, 0.05) is 32.8 Å². The maximum atomic E-state index is 13.4. The Kier molecular flexibility index (Phi) is 10.2. The number of sulfone groups is 1. The molecule has 202 valence electrons. The van der Waals surface area contributed by atoms with Gasteiger partial charge in [0.1, 0.15) is 11.9 Å². The van der Waals surface area contributed by atoms with Crippen LogP contribution in [0, 0.1) is 11.3 Å². The van der Waals surface area contributed by atoms with Gasteiger partial charge in [-0.15, -0.1) is 0 Å². The maximum Gasteiger partial charge on any atom is 0.264 e. The molecule has 0 atom stereocenters. The maximum absolute atomic E-state index is 13.4. The number of rotatable bonds is 12.